The minimum absolute atomic E-state index is 0.0425. The third kappa shape index (κ3) is 6.89. The van der Waals surface area contributed by atoms with Gasteiger partial charge in [-0.15, -0.1) is 0 Å². The van der Waals surface area contributed by atoms with Crippen molar-refractivity contribution in [2.45, 2.75) is 58.6 Å². The first kappa shape index (κ1) is 25.9. The van der Waals surface area contributed by atoms with Gasteiger partial charge in [0.05, 0.1) is 18.8 Å². The standard InChI is InChI=1S/C22H31N4O7P/c1-14(2)31-21(27)16(4)25-34(29,33-17-8-6-5-7-9-17)30-13-18-12-15(3)20(32-18)26-11-10-19(23)24-22(26)28/h5-11,14-16,18,20H,12-13H2,1-4H3,(H,25,29)(H2,23,24,28)/t15-,16?,18?,20?,34?/m0/s1. The summed E-state index contributed by atoms with van der Waals surface area (Å²) in [5.41, 5.74) is 5.05. The minimum atomic E-state index is -4.00. The molecule has 0 bridgehead atoms. The topological polar surface area (TPSA) is 144 Å². The number of para-hydroxylation sites is 1. The Kier molecular flexibility index (Phi) is 8.48. The van der Waals surface area contributed by atoms with Crippen molar-refractivity contribution in [1.82, 2.24) is 14.6 Å². The van der Waals surface area contributed by atoms with Crippen LogP contribution in [-0.2, 0) is 23.4 Å². The minimum Gasteiger partial charge on any atom is -0.462 e. The predicted octanol–water partition coefficient (Wildman–Crippen LogP) is 2.88. The number of nitrogens with two attached hydrogens (primary N) is 1. The van der Waals surface area contributed by atoms with E-state index in [-0.39, 0.29) is 24.4 Å². The molecule has 1 aromatic carbocycles. The molecule has 2 aromatic rings. The van der Waals surface area contributed by atoms with Gasteiger partial charge in [0.15, 0.2) is 0 Å². The van der Waals surface area contributed by atoms with Crippen molar-refractivity contribution < 1.29 is 27.9 Å². The van der Waals surface area contributed by atoms with E-state index in [9.17, 15) is 14.2 Å². The van der Waals surface area contributed by atoms with Crippen LogP contribution >= 0.6 is 7.75 Å². The normalized spacial score (nSPS) is 22.8. The van der Waals surface area contributed by atoms with Gasteiger partial charge in [0.2, 0.25) is 0 Å². The number of benzene rings is 1. The Morgan fingerprint density at radius 3 is 2.65 bits per heavy atom. The second-order valence-corrected chi connectivity index (χ2v) is 10.1. The largest absolute Gasteiger partial charge is 0.462 e. The van der Waals surface area contributed by atoms with E-state index >= 15 is 0 Å². The molecular formula is C22H31N4O7P. The number of ether oxygens (including phenoxy) is 2. The number of carbonyl (C=O) groups is 1. The van der Waals surface area contributed by atoms with E-state index < -0.39 is 37.8 Å². The molecule has 4 unspecified atom stereocenters. The number of nitrogens with zero attached hydrogens (tertiary/aromatic N) is 2. The fourth-order valence-corrected chi connectivity index (χ4v) is 5.02. The molecule has 0 amide bonds. The summed E-state index contributed by atoms with van der Waals surface area (Å²) in [6.07, 6.45) is 0.692. The molecule has 34 heavy (non-hydrogen) atoms. The number of rotatable bonds is 10. The second-order valence-electron chi connectivity index (χ2n) is 8.44. The molecule has 0 radical (unpaired) electrons. The molecule has 1 aromatic heterocycles. The third-order valence-corrected chi connectivity index (χ3v) is 6.68. The van der Waals surface area contributed by atoms with Crippen LogP contribution in [0.25, 0.3) is 0 Å². The smallest absolute Gasteiger partial charge is 0.459 e. The Hall–Kier alpha value is -2.72. The van der Waals surface area contributed by atoms with Gasteiger partial charge >= 0.3 is 19.4 Å². The Morgan fingerprint density at radius 1 is 1.29 bits per heavy atom. The van der Waals surface area contributed by atoms with Crippen molar-refractivity contribution in [2.75, 3.05) is 12.3 Å². The molecule has 186 valence electrons. The van der Waals surface area contributed by atoms with Crippen molar-refractivity contribution in [3.63, 3.8) is 0 Å². The molecule has 0 aliphatic carbocycles. The molecule has 1 aliphatic heterocycles. The molecule has 1 saturated heterocycles. The molecule has 12 heteroatoms. The first-order valence-corrected chi connectivity index (χ1v) is 12.6. The highest BCUT2D eigenvalue weighted by atomic mass is 31.2. The summed E-state index contributed by atoms with van der Waals surface area (Å²) >= 11 is 0. The molecule has 0 saturated carbocycles. The number of anilines is 1. The zero-order valence-corrected chi connectivity index (χ0v) is 20.5. The predicted molar refractivity (Wildman–Crippen MR) is 125 cm³/mol. The Labute approximate surface area is 198 Å². The van der Waals surface area contributed by atoms with Gasteiger partial charge < -0.3 is 19.7 Å². The van der Waals surface area contributed by atoms with Crippen molar-refractivity contribution in [2.24, 2.45) is 5.92 Å². The molecule has 0 spiro atoms. The Morgan fingerprint density at radius 2 is 2.00 bits per heavy atom. The summed E-state index contributed by atoms with van der Waals surface area (Å²) < 4.78 is 37.4. The maximum atomic E-state index is 13.6. The summed E-state index contributed by atoms with van der Waals surface area (Å²) in [6.45, 7) is 6.78. The summed E-state index contributed by atoms with van der Waals surface area (Å²) in [5, 5.41) is 2.64. The first-order chi connectivity index (χ1) is 16.1. The van der Waals surface area contributed by atoms with Crippen LogP contribution in [0.1, 0.15) is 40.3 Å². The van der Waals surface area contributed by atoms with Gasteiger partial charge in [-0.05, 0) is 45.4 Å². The average Bonchev–Trinajstić information content (AvgIpc) is 3.13. The molecule has 3 rings (SSSR count). The number of aromatic nitrogens is 2. The fraction of sp³-hybridized carbons (Fsp3) is 0.500. The summed E-state index contributed by atoms with van der Waals surface area (Å²) in [6, 6.07) is 9.05. The van der Waals surface area contributed by atoms with Crippen molar-refractivity contribution in [1.29, 1.82) is 0 Å². The van der Waals surface area contributed by atoms with E-state index in [1.807, 2.05) is 6.92 Å². The maximum Gasteiger partial charge on any atom is 0.459 e. The van der Waals surface area contributed by atoms with Gasteiger partial charge in [-0.1, -0.05) is 25.1 Å². The summed E-state index contributed by atoms with van der Waals surface area (Å²) in [4.78, 5) is 28.2. The third-order valence-electron chi connectivity index (χ3n) is 5.04. The van der Waals surface area contributed by atoms with Crippen LogP contribution in [0, 0.1) is 5.92 Å². The van der Waals surface area contributed by atoms with E-state index in [1.54, 1.807) is 44.2 Å². The number of nitrogens with one attached hydrogen (secondary N) is 1. The highest BCUT2D eigenvalue weighted by molar-refractivity contribution is 7.52. The number of esters is 1. The van der Waals surface area contributed by atoms with Crippen LogP contribution in [0.3, 0.4) is 0 Å². The summed E-state index contributed by atoms with van der Waals surface area (Å²) in [5.74, 6) is -0.196. The van der Waals surface area contributed by atoms with Crippen LogP contribution in [0.5, 0.6) is 5.75 Å². The second kappa shape index (κ2) is 11.1. The van der Waals surface area contributed by atoms with Crippen molar-refractivity contribution in [3.05, 3.63) is 53.1 Å². The number of hydrogen-bond donors (Lipinski definition) is 2. The van der Waals surface area contributed by atoms with Crippen LogP contribution in [0.15, 0.2) is 47.4 Å². The molecule has 5 atom stereocenters. The molecule has 1 aliphatic rings. The number of hydrogen-bond acceptors (Lipinski definition) is 9. The van der Waals surface area contributed by atoms with Gasteiger partial charge in [-0.25, -0.2) is 9.36 Å². The average molecular weight is 494 g/mol. The SMILES string of the molecule is CC(C)OC(=O)C(C)NP(=O)(OCC1C[C@H](C)C(n2ccc(N)nc2=O)O1)Oc1ccccc1. The quantitative estimate of drug-likeness (QED) is 0.374. The van der Waals surface area contributed by atoms with Crippen LogP contribution in [-0.4, -0.2) is 40.4 Å². The summed E-state index contributed by atoms with van der Waals surface area (Å²) in [7, 11) is -4.00. The lowest BCUT2D eigenvalue weighted by Gasteiger charge is -2.24. The molecule has 1 fully saturated rings. The Bertz CT molecular complexity index is 1080. The number of nitrogen functional groups attached to an aromatic ring is 1. The lowest BCUT2D eigenvalue weighted by atomic mass is 10.1. The van der Waals surface area contributed by atoms with E-state index in [0.29, 0.717) is 12.2 Å². The zero-order chi connectivity index (χ0) is 24.9. The van der Waals surface area contributed by atoms with E-state index in [1.165, 1.54) is 23.8 Å². The van der Waals surface area contributed by atoms with Crippen LogP contribution in [0.2, 0.25) is 0 Å². The highest BCUT2D eigenvalue weighted by Gasteiger charge is 2.38. The zero-order valence-electron chi connectivity index (χ0n) is 19.6. The molecule has 2 heterocycles. The lowest BCUT2D eigenvalue weighted by molar-refractivity contribution is -0.149. The van der Waals surface area contributed by atoms with Crippen molar-refractivity contribution in [3.8, 4) is 5.75 Å². The first-order valence-electron chi connectivity index (χ1n) is 11.0. The monoisotopic (exact) mass is 494 g/mol. The molecule has 11 nitrogen and oxygen atoms in total. The van der Waals surface area contributed by atoms with Gasteiger partial charge in [-0.3, -0.25) is 13.9 Å². The van der Waals surface area contributed by atoms with E-state index in [4.69, 9.17) is 24.3 Å². The van der Waals surface area contributed by atoms with Gasteiger partial charge in [0.25, 0.3) is 0 Å². The lowest BCUT2D eigenvalue weighted by Crippen LogP contribution is -2.36. The molecule has 3 N–H and O–H groups in total. The van der Waals surface area contributed by atoms with E-state index in [2.05, 4.69) is 10.1 Å². The highest BCUT2D eigenvalue weighted by Crippen LogP contribution is 2.46. The van der Waals surface area contributed by atoms with Crippen molar-refractivity contribution >= 4 is 19.5 Å². The van der Waals surface area contributed by atoms with Gasteiger partial charge in [0, 0.05) is 12.1 Å². The maximum absolute atomic E-state index is 13.6. The Balaban J connectivity index is 1.70. The van der Waals surface area contributed by atoms with Gasteiger partial charge in [0.1, 0.15) is 23.8 Å². The van der Waals surface area contributed by atoms with Gasteiger partial charge in [-0.2, -0.15) is 10.1 Å². The number of carbonyl (C=O) groups excluding carboxylic acids is 1. The van der Waals surface area contributed by atoms with Crippen LogP contribution in [0.4, 0.5) is 5.82 Å². The fourth-order valence-electron chi connectivity index (χ4n) is 3.50. The molecular weight excluding hydrogens is 463 g/mol. The van der Waals surface area contributed by atoms with Crippen LogP contribution < -0.4 is 21.0 Å². The van der Waals surface area contributed by atoms with E-state index in [0.717, 1.165) is 0 Å².